The minimum Gasteiger partial charge on any atom is -0.425 e. The number of carbonyl (C=O) groups excluding carboxylic acids is 2. The summed E-state index contributed by atoms with van der Waals surface area (Å²) in [5, 5.41) is 8.06. The molecule has 0 aliphatic rings. The van der Waals surface area contributed by atoms with Crippen LogP contribution in [0.4, 0.5) is 0 Å². The molecule has 62 heavy (non-hydrogen) atoms. The molecule has 0 fully saturated rings. The van der Waals surface area contributed by atoms with Gasteiger partial charge in [0, 0.05) is 34.4 Å². The monoisotopic (exact) mass is 835 g/mol. The summed E-state index contributed by atoms with van der Waals surface area (Å²) in [6.45, 7) is 8.98. The number of hydrogen-bond acceptors (Lipinski definition) is 4. The molecule has 0 heterocycles. The SMILES string of the molecule is CCCCCCCCC(=O)Oc1c2ccccc2c(-c2c3ccccc3c(OC(=O)CCCCCCCC)c3ccc(CCCCCC)cc23)c2cc(CCCCCC)ccc12. The molecule has 0 aromatic heterocycles. The maximum Gasteiger partial charge on any atom is 0.311 e. The van der Waals surface area contributed by atoms with Gasteiger partial charge in [-0.25, -0.2) is 0 Å². The van der Waals surface area contributed by atoms with Crippen molar-refractivity contribution in [1.82, 2.24) is 0 Å². The van der Waals surface area contributed by atoms with E-state index in [1.807, 2.05) is 0 Å². The van der Waals surface area contributed by atoms with Crippen molar-refractivity contribution in [3.63, 3.8) is 0 Å². The summed E-state index contributed by atoms with van der Waals surface area (Å²) in [6.07, 6.45) is 25.8. The highest BCUT2D eigenvalue weighted by molar-refractivity contribution is 6.27. The number of carbonyl (C=O) groups is 2. The van der Waals surface area contributed by atoms with E-state index < -0.39 is 0 Å². The van der Waals surface area contributed by atoms with Gasteiger partial charge in [-0.15, -0.1) is 0 Å². The molecule has 0 radical (unpaired) electrons. The van der Waals surface area contributed by atoms with Crippen LogP contribution in [0, 0.1) is 0 Å². The molecule has 0 atom stereocenters. The Morgan fingerprint density at radius 3 is 1.06 bits per heavy atom. The predicted octanol–water partition coefficient (Wildman–Crippen LogP) is 17.5. The molecule has 0 aliphatic carbocycles. The van der Waals surface area contributed by atoms with Crippen molar-refractivity contribution in [1.29, 1.82) is 0 Å². The fraction of sp³-hybridized carbons (Fsp3) is 0.483. The van der Waals surface area contributed by atoms with Crippen LogP contribution in [0.2, 0.25) is 0 Å². The number of fused-ring (bicyclic) bond motifs is 4. The molecule has 0 saturated heterocycles. The van der Waals surface area contributed by atoms with E-state index in [-0.39, 0.29) is 11.9 Å². The molecule has 6 rings (SSSR count). The molecule has 0 spiro atoms. The topological polar surface area (TPSA) is 52.6 Å². The van der Waals surface area contributed by atoms with Gasteiger partial charge in [-0.3, -0.25) is 9.59 Å². The lowest BCUT2D eigenvalue weighted by Crippen LogP contribution is -2.09. The van der Waals surface area contributed by atoms with E-state index in [0.29, 0.717) is 24.3 Å². The molecule has 4 nitrogen and oxygen atoms in total. The van der Waals surface area contributed by atoms with E-state index in [0.717, 1.165) is 118 Å². The summed E-state index contributed by atoms with van der Waals surface area (Å²) in [5.41, 5.74) is 4.85. The smallest absolute Gasteiger partial charge is 0.311 e. The molecule has 6 aromatic rings. The average molecular weight is 835 g/mol. The number of ether oxygens (including phenoxy) is 2. The Labute approximate surface area is 373 Å². The second-order valence-electron chi connectivity index (χ2n) is 17.9. The number of unbranched alkanes of at least 4 members (excludes halogenated alkanes) is 16. The average Bonchev–Trinajstić information content (AvgIpc) is 3.29. The fourth-order valence-electron chi connectivity index (χ4n) is 9.38. The lowest BCUT2D eigenvalue weighted by molar-refractivity contribution is -0.135. The summed E-state index contributed by atoms with van der Waals surface area (Å²) >= 11 is 0. The highest BCUT2D eigenvalue weighted by Gasteiger charge is 2.25. The predicted molar refractivity (Wildman–Crippen MR) is 265 cm³/mol. The Morgan fingerprint density at radius 1 is 0.355 bits per heavy atom. The molecule has 330 valence electrons. The van der Waals surface area contributed by atoms with Gasteiger partial charge in [0.1, 0.15) is 11.5 Å². The number of rotatable bonds is 27. The third kappa shape index (κ3) is 12.3. The van der Waals surface area contributed by atoms with Crippen LogP contribution in [0.3, 0.4) is 0 Å². The minimum absolute atomic E-state index is 0.168. The first-order valence-electron chi connectivity index (χ1n) is 24.8. The van der Waals surface area contributed by atoms with Crippen LogP contribution in [-0.2, 0) is 22.4 Å². The van der Waals surface area contributed by atoms with Crippen LogP contribution < -0.4 is 9.47 Å². The second-order valence-corrected chi connectivity index (χ2v) is 17.9. The maximum atomic E-state index is 13.7. The standard InChI is InChI=1S/C58H74O4/c1-5-9-13-17-19-23-35-53(59)61-57-47-33-27-25-31-45(47)55(51-41-43(37-39-49(51)57)29-21-15-11-7-3)56-46-32-26-28-34-48(46)58(62-54(60)36-24-20-18-14-10-6-2)50-40-38-44(42-52(50)56)30-22-16-12-8-4/h25-28,31-34,37-42H,5-24,29-30,35-36H2,1-4H3. The van der Waals surface area contributed by atoms with Crippen molar-refractivity contribution in [2.75, 3.05) is 0 Å². The molecule has 0 unspecified atom stereocenters. The van der Waals surface area contributed by atoms with Gasteiger partial charge in [0.15, 0.2) is 0 Å². The Hall–Kier alpha value is -4.70. The molecule has 0 bridgehead atoms. The zero-order valence-corrected chi connectivity index (χ0v) is 38.7. The first-order chi connectivity index (χ1) is 30.5. The van der Waals surface area contributed by atoms with Gasteiger partial charge in [0.2, 0.25) is 0 Å². The van der Waals surface area contributed by atoms with E-state index in [1.165, 1.54) is 88.2 Å². The Balaban J connectivity index is 1.54. The largest absolute Gasteiger partial charge is 0.425 e. The third-order valence-electron chi connectivity index (χ3n) is 12.9. The second kappa shape index (κ2) is 24.8. The molecule has 0 N–H and O–H groups in total. The fourth-order valence-corrected chi connectivity index (χ4v) is 9.38. The van der Waals surface area contributed by atoms with Crippen LogP contribution in [0.25, 0.3) is 54.2 Å². The van der Waals surface area contributed by atoms with E-state index in [2.05, 4.69) is 113 Å². The number of benzene rings is 6. The normalized spacial score (nSPS) is 11.6. The Kier molecular flexibility index (Phi) is 18.7. The quantitative estimate of drug-likeness (QED) is 0.0224. The van der Waals surface area contributed by atoms with Gasteiger partial charge in [0.25, 0.3) is 0 Å². The van der Waals surface area contributed by atoms with Gasteiger partial charge in [-0.1, -0.05) is 215 Å². The van der Waals surface area contributed by atoms with E-state index >= 15 is 0 Å². The summed E-state index contributed by atoms with van der Waals surface area (Å²) in [6, 6.07) is 30.6. The van der Waals surface area contributed by atoms with Gasteiger partial charge >= 0.3 is 11.9 Å². The van der Waals surface area contributed by atoms with Gasteiger partial charge in [0.05, 0.1) is 0 Å². The lowest BCUT2D eigenvalue weighted by Gasteiger charge is -2.22. The van der Waals surface area contributed by atoms with Crippen molar-refractivity contribution < 1.29 is 19.1 Å². The lowest BCUT2D eigenvalue weighted by atomic mass is 9.84. The molecular weight excluding hydrogens is 761 g/mol. The highest BCUT2D eigenvalue weighted by Crippen LogP contribution is 2.50. The van der Waals surface area contributed by atoms with Crippen molar-refractivity contribution in [3.8, 4) is 22.6 Å². The Morgan fingerprint density at radius 2 is 0.677 bits per heavy atom. The zero-order valence-electron chi connectivity index (χ0n) is 38.7. The van der Waals surface area contributed by atoms with Crippen LogP contribution in [0.1, 0.15) is 180 Å². The molecule has 0 amide bonds. The molecule has 0 aliphatic heterocycles. The van der Waals surface area contributed by atoms with Crippen molar-refractivity contribution in [2.45, 2.75) is 182 Å². The van der Waals surface area contributed by atoms with E-state index in [4.69, 9.17) is 9.47 Å². The Bertz CT molecular complexity index is 2200. The molecule has 4 heteroatoms. The summed E-state index contributed by atoms with van der Waals surface area (Å²) in [4.78, 5) is 27.4. The van der Waals surface area contributed by atoms with Gasteiger partial charge < -0.3 is 9.47 Å². The molecule has 0 saturated carbocycles. The minimum atomic E-state index is -0.168. The first-order valence-corrected chi connectivity index (χ1v) is 24.8. The van der Waals surface area contributed by atoms with Crippen LogP contribution in [-0.4, -0.2) is 11.9 Å². The third-order valence-corrected chi connectivity index (χ3v) is 12.9. The highest BCUT2D eigenvalue weighted by atomic mass is 16.5. The van der Waals surface area contributed by atoms with Gasteiger partial charge in [-0.05, 0) is 82.3 Å². The maximum absolute atomic E-state index is 13.7. The van der Waals surface area contributed by atoms with E-state index in [1.54, 1.807) is 0 Å². The van der Waals surface area contributed by atoms with Gasteiger partial charge in [-0.2, -0.15) is 0 Å². The summed E-state index contributed by atoms with van der Waals surface area (Å²) in [7, 11) is 0. The van der Waals surface area contributed by atoms with Crippen LogP contribution in [0.5, 0.6) is 11.5 Å². The van der Waals surface area contributed by atoms with E-state index in [9.17, 15) is 9.59 Å². The van der Waals surface area contributed by atoms with Crippen molar-refractivity contribution >= 4 is 55.0 Å². The van der Waals surface area contributed by atoms with Crippen LogP contribution >= 0.6 is 0 Å². The molecular formula is C58H74O4. The number of esters is 2. The summed E-state index contributed by atoms with van der Waals surface area (Å²) in [5.74, 6) is 0.967. The van der Waals surface area contributed by atoms with Crippen LogP contribution in [0.15, 0.2) is 84.9 Å². The zero-order chi connectivity index (χ0) is 43.5. The van der Waals surface area contributed by atoms with Crippen molar-refractivity contribution in [2.24, 2.45) is 0 Å². The van der Waals surface area contributed by atoms with Crippen molar-refractivity contribution in [3.05, 3.63) is 96.1 Å². The molecule has 6 aromatic carbocycles. The number of hydrogen-bond donors (Lipinski definition) is 0. The summed E-state index contributed by atoms with van der Waals surface area (Å²) < 4.78 is 13.0. The first kappa shape index (κ1) is 46.8. The number of aryl methyl sites for hydroxylation is 2.